The first-order valence-corrected chi connectivity index (χ1v) is 7.21. The Kier molecular flexibility index (Phi) is 6.44. The molecule has 0 atom stereocenters. The summed E-state index contributed by atoms with van der Waals surface area (Å²) in [5.74, 6) is -0.0926. The Labute approximate surface area is 134 Å². The van der Waals surface area contributed by atoms with Crippen molar-refractivity contribution in [1.82, 2.24) is 10.2 Å². The first-order valence-electron chi connectivity index (χ1n) is 7.21. The zero-order valence-electron chi connectivity index (χ0n) is 13.8. The Balaban J connectivity index is 2.61. The number of likely N-dealkylation sites (N-methyl/N-ethyl adjacent to an activating group) is 1. The van der Waals surface area contributed by atoms with Crippen molar-refractivity contribution < 1.29 is 22.7 Å². The Bertz CT molecular complexity index is 528. The van der Waals surface area contributed by atoms with Gasteiger partial charge in [0.25, 0.3) is 0 Å². The second-order valence-electron chi connectivity index (χ2n) is 6.40. The first-order chi connectivity index (χ1) is 10.5. The number of nitrogens with one attached hydrogen (secondary N) is 1. The summed E-state index contributed by atoms with van der Waals surface area (Å²) in [6.07, 6.45) is -4.30. The number of rotatable bonds is 7. The molecule has 1 aromatic carbocycles. The maximum Gasteiger partial charge on any atom is 0.422 e. The number of carbonyl (C=O) groups is 1. The maximum atomic E-state index is 12.1. The fourth-order valence-corrected chi connectivity index (χ4v) is 2.35. The van der Waals surface area contributed by atoms with E-state index in [-0.39, 0.29) is 18.1 Å². The maximum absolute atomic E-state index is 12.1. The number of carbonyl (C=O) groups excluding carboxylic acids is 1. The van der Waals surface area contributed by atoms with E-state index in [4.69, 9.17) is 0 Å². The van der Waals surface area contributed by atoms with Gasteiger partial charge in [-0.2, -0.15) is 13.2 Å². The highest BCUT2D eigenvalue weighted by atomic mass is 19.4. The highest BCUT2D eigenvalue weighted by Gasteiger charge is 2.28. The smallest absolute Gasteiger partial charge is 0.422 e. The van der Waals surface area contributed by atoms with Crippen molar-refractivity contribution in [3.63, 3.8) is 0 Å². The zero-order valence-corrected chi connectivity index (χ0v) is 13.8. The molecular weight excluding hydrogens is 309 g/mol. The molecule has 0 unspecified atom stereocenters. The molecule has 0 heterocycles. The minimum atomic E-state index is -4.39. The third-order valence-electron chi connectivity index (χ3n) is 2.85. The second-order valence-corrected chi connectivity index (χ2v) is 6.40. The normalized spacial score (nSPS) is 12.3. The van der Waals surface area contributed by atoms with E-state index in [0.29, 0.717) is 12.1 Å². The summed E-state index contributed by atoms with van der Waals surface area (Å²) in [7, 11) is 3.82. The van der Waals surface area contributed by atoms with E-state index in [2.05, 4.69) is 10.1 Å². The third kappa shape index (κ3) is 8.44. The van der Waals surface area contributed by atoms with E-state index in [9.17, 15) is 18.0 Å². The molecular formula is C16H23F3N2O2. The van der Waals surface area contributed by atoms with Crippen molar-refractivity contribution in [2.24, 2.45) is 0 Å². The van der Waals surface area contributed by atoms with Crippen LogP contribution in [0.5, 0.6) is 5.75 Å². The topological polar surface area (TPSA) is 41.6 Å². The fraction of sp³-hybridized carbons (Fsp3) is 0.562. The summed E-state index contributed by atoms with van der Waals surface area (Å²) in [6, 6.07) is 6.13. The van der Waals surface area contributed by atoms with E-state index < -0.39 is 18.3 Å². The molecule has 0 aliphatic heterocycles. The molecule has 0 saturated heterocycles. The number of amides is 1. The summed E-state index contributed by atoms with van der Waals surface area (Å²) in [5.41, 5.74) is 0.202. The van der Waals surface area contributed by atoms with Gasteiger partial charge in [0, 0.05) is 12.1 Å². The molecule has 0 spiro atoms. The van der Waals surface area contributed by atoms with Crippen LogP contribution in [0.3, 0.4) is 0 Å². The molecule has 0 aromatic heterocycles. The van der Waals surface area contributed by atoms with E-state index in [1.54, 1.807) is 12.1 Å². The predicted molar refractivity (Wildman–Crippen MR) is 82.5 cm³/mol. The van der Waals surface area contributed by atoms with Crippen molar-refractivity contribution >= 4 is 5.91 Å². The standard InChI is InChI=1S/C16H23F3N2O2/c1-15(2,10-21(3)4)20-14(22)9-12-6-5-7-13(8-12)23-11-16(17,18)19/h5-8H,9-11H2,1-4H3,(H,20,22). The summed E-state index contributed by atoms with van der Waals surface area (Å²) in [6.45, 7) is 3.15. The second kappa shape index (κ2) is 7.68. The third-order valence-corrected chi connectivity index (χ3v) is 2.85. The average Bonchev–Trinajstić information content (AvgIpc) is 2.33. The molecule has 1 N–H and O–H groups in total. The van der Waals surface area contributed by atoms with Crippen molar-refractivity contribution in [3.05, 3.63) is 29.8 Å². The molecule has 4 nitrogen and oxygen atoms in total. The Morgan fingerprint density at radius 1 is 1.26 bits per heavy atom. The predicted octanol–water partition coefficient (Wildman–Crippen LogP) is 2.63. The Morgan fingerprint density at radius 2 is 1.91 bits per heavy atom. The lowest BCUT2D eigenvalue weighted by atomic mass is 10.0. The lowest BCUT2D eigenvalue weighted by Gasteiger charge is -2.29. The van der Waals surface area contributed by atoms with Crippen molar-refractivity contribution in [3.8, 4) is 5.75 Å². The molecule has 1 aromatic rings. The SMILES string of the molecule is CN(C)CC(C)(C)NC(=O)Cc1cccc(OCC(F)(F)F)c1. The lowest BCUT2D eigenvalue weighted by Crippen LogP contribution is -2.50. The van der Waals surface area contributed by atoms with E-state index in [1.165, 1.54) is 12.1 Å². The van der Waals surface area contributed by atoms with Gasteiger partial charge in [-0.1, -0.05) is 12.1 Å². The number of alkyl halides is 3. The lowest BCUT2D eigenvalue weighted by molar-refractivity contribution is -0.153. The Morgan fingerprint density at radius 3 is 2.48 bits per heavy atom. The largest absolute Gasteiger partial charge is 0.484 e. The van der Waals surface area contributed by atoms with Crippen LogP contribution in [0, 0.1) is 0 Å². The van der Waals surface area contributed by atoms with Gasteiger partial charge >= 0.3 is 6.18 Å². The molecule has 23 heavy (non-hydrogen) atoms. The molecule has 1 amide bonds. The van der Waals surface area contributed by atoms with Crippen LogP contribution in [-0.4, -0.2) is 49.8 Å². The van der Waals surface area contributed by atoms with Gasteiger partial charge in [-0.15, -0.1) is 0 Å². The molecule has 0 aliphatic rings. The summed E-state index contributed by atoms with van der Waals surface area (Å²) < 4.78 is 41.1. The minimum Gasteiger partial charge on any atom is -0.484 e. The Hall–Kier alpha value is -1.76. The molecule has 0 saturated carbocycles. The molecule has 0 bridgehead atoms. The van der Waals surface area contributed by atoms with Crippen LogP contribution in [0.25, 0.3) is 0 Å². The van der Waals surface area contributed by atoms with Gasteiger partial charge < -0.3 is 15.0 Å². The van der Waals surface area contributed by atoms with Crippen molar-refractivity contribution in [2.75, 3.05) is 27.2 Å². The molecule has 1 rings (SSSR count). The number of benzene rings is 1. The van der Waals surface area contributed by atoms with Gasteiger partial charge in [0.2, 0.25) is 5.91 Å². The summed E-state index contributed by atoms with van der Waals surface area (Å²) >= 11 is 0. The number of hydrogen-bond acceptors (Lipinski definition) is 3. The first kappa shape index (κ1) is 19.3. The van der Waals surface area contributed by atoms with Gasteiger partial charge in [0.15, 0.2) is 6.61 Å². The zero-order chi connectivity index (χ0) is 17.7. The highest BCUT2D eigenvalue weighted by Crippen LogP contribution is 2.19. The number of hydrogen-bond donors (Lipinski definition) is 1. The van der Waals surface area contributed by atoms with Crippen molar-refractivity contribution in [1.29, 1.82) is 0 Å². The van der Waals surface area contributed by atoms with E-state index in [0.717, 1.165) is 0 Å². The van der Waals surface area contributed by atoms with E-state index in [1.807, 2.05) is 32.8 Å². The van der Waals surface area contributed by atoms with Crippen LogP contribution >= 0.6 is 0 Å². The van der Waals surface area contributed by atoms with Gasteiger partial charge in [-0.3, -0.25) is 4.79 Å². The average molecular weight is 332 g/mol. The van der Waals surface area contributed by atoms with E-state index >= 15 is 0 Å². The number of halogens is 3. The number of ether oxygens (including phenoxy) is 1. The van der Waals surface area contributed by atoms with Crippen molar-refractivity contribution in [2.45, 2.75) is 32.0 Å². The highest BCUT2D eigenvalue weighted by molar-refractivity contribution is 5.79. The molecule has 0 fully saturated rings. The van der Waals surface area contributed by atoms with Gasteiger partial charge in [0.05, 0.1) is 6.42 Å². The van der Waals surface area contributed by atoms with Crippen LogP contribution in [0.2, 0.25) is 0 Å². The van der Waals surface area contributed by atoms with Gasteiger partial charge in [0.1, 0.15) is 5.75 Å². The summed E-state index contributed by atoms with van der Waals surface area (Å²) in [4.78, 5) is 14.1. The number of nitrogens with zero attached hydrogens (tertiary/aromatic N) is 1. The van der Waals surface area contributed by atoms with Crippen LogP contribution in [0.4, 0.5) is 13.2 Å². The monoisotopic (exact) mass is 332 g/mol. The van der Waals surface area contributed by atoms with Gasteiger partial charge in [-0.05, 0) is 45.6 Å². The van der Waals surface area contributed by atoms with Gasteiger partial charge in [-0.25, -0.2) is 0 Å². The fourth-order valence-electron chi connectivity index (χ4n) is 2.35. The van der Waals surface area contributed by atoms with Crippen LogP contribution < -0.4 is 10.1 Å². The summed E-state index contributed by atoms with van der Waals surface area (Å²) in [5, 5.41) is 2.91. The molecule has 130 valence electrons. The molecule has 7 heteroatoms. The quantitative estimate of drug-likeness (QED) is 0.835. The minimum absolute atomic E-state index is 0.0834. The van der Waals surface area contributed by atoms with Crippen LogP contribution in [-0.2, 0) is 11.2 Å². The van der Waals surface area contributed by atoms with Crippen LogP contribution in [0.15, 0.2) is 24.3 Å². The van der Waals surface area contributed by atoms with Crippen LogP contribution in [0.1, 0.15) is 19.4 Å². The molecule has 0 aliphatic carbocycles. The molecule has 0 radical (unpaired) electrons.